The first-order valence-corrected chi connectivity index (χ1v) is 6.06. The molecule has 0 aliphatic carbocycles. The molecule has 0 aromatic heterocycles. The molecule has 0 saturated heterocycles. The van der Waals surface area contributed by atoms with Gasteiger partial charge in [0.05, 0.1) is 13.2 Å². The van der Waals surface area contributed by atoms with E-state index in [9.17, 15) is 4.79 Å². The van der Waals surface area contributed by atoms with E-state index in [1.165, 1.54) is 6.21 Å². The third-order valence-corrected chi connectivity index (χ3v) is 1.46. The number of ether oxygens (including phenoxy) is 3. The van der Waals surface area contributed by atoms with Crippen LogP contribution >= 0.6 is 0 Å². The molecule has 0 heterocycles. The largest absolute Gasteiger partial charge is 1.00 e. The summed E-state index contributed by atoms with van der Waals surface area (Å²) in [4.78, 5) is 9.48. The van der Waals surface area contributed by atoms with Crippen LogP contribution in [0, 0.1) is 17.2 Å². The summed E-state index contributed by atoms with van der Waals surface area (Å²) >= 11 is 0. The van der Waals surface area contributed by atoms with E-state index in [-0.39, 0.29) is 44.1 Å². The van der Waals surface area contributed by atoms with E-state index >= 15 is 0 Å². The Morgan fingerprint density at radius 1 is 1.04 bits per heavy atom. The fraction of sp³-hybridized carbons (Fsp3) is 0.769. The molecule has 0 atom stereocenters. The van der Waals surface area contributed by atoms with Crippen molar-refractivity contribution >= 4 is 20.9 Å². The number of nitrogens with zero attached hydrogens (tertiary/aromatic N) is 1. The second-order valence-electron chi connectivity index (χ2n) is 3.07. The van der Waals surface area contributed by atoms with Crippen LogP contribution in [-0.2, 0) is 19.0 Å². The predicted octanol–water partition coefficient (Wildman–Crippen LogP) is -2.24. The quantitative estimate of drug-likeness (QED) is 0.141. The summed E-state index contributed by atoms with van der Waals surface area (Å²) < 4.78 is 13.9. The van der Waals surface area contributed by atoms with Crippen LogP contribution in [0.15, 0.2) is 0 Å². The number of nitrogens with two attached hydrogens (primary N) is 1. The van der Waals surface area contributed by atoms with E-state index in [2.05, 4.69) is 9.47 Å². The molecule has 8 nitrogen and oxygen atoms in total. The average Bonchev–Trinajstić information content (AvgIpc) is 2.52. The van der Waals surface area contributed by atoms with Gasteiger partial charge < -0.3 is 48.1 Å². The minimum Gasteiger partial charge on any atom is -0.512 e. The third-order valence-electron chi connectivity index (χ3n) is 1.46. The molecule has 3 radical (unpaired) electrons. The summed E-state index contributed by atoms with van der Waals surface area (Å²) in [6.07, 6.45) is 4.39. The first-order chi connectivity index (χ1) is 9.74. The van der Waals surface area contributed by atoms with Gasteiger partial charge >= 0.3 is 29.6 Å². The van der Waals surface area contributed by atoms with Gasteiger partial charge in [-0.25, -0.2) is 0 Å². The molecule has 10 heteroatoms. The van der Waals surface area contributed by atoms with Crippen LogP contribution in [0.25, 0.3) is 0 Å². The number of hydrogen-bond acceptors (Lipinski definition) is 8. The summed E-state index contributed by atoms with van der Waals surface area (Å²) in [5, 5.41) is 12.8. The van der Waals surface area contributed by atoms with Crippen molar-refractivity contribution < 1.29 is 48.6 Å². The van der Waals surface area contributed by atoms with Gasteiger partial charge in [-0.3, -0.25) is 0 Å². The van der Waals surface area contributed by atoms with E-state index in [1.54, 1.807) is 21.3 Å². The SMILES string of the molecule is COCCC=N.COCCC=O.COCCCN.N.[B].[C-]#N.[Na+]. The molecule has 0 unspecified atom stereocenters. The second-order valence-corrected chi connectivity index (χ2v) is 3.07. The molecule has 0 amide bonds. The number of nitrogens with one attached hydrogen (secondary N) is 1. The Labute approximate surface area is 165 Å². The van der Waals surface area contributed by atoms with Crippen molar-refractivity contribution in [2.75, 3.05) is 47.7 Å². The topological polar surface area (TPSA) is 153 Å². The first-order valence-electron chi connectivity index (χ1n) is 6.06. The van der Waals surface area contributed by atoms with Crippen LogP contribution in [0.4, 0.5) is 0 Å². The molecule has 6 N–H and O–H groups in total. The summed E-state index contributed by atoms with van der Waals surface area (Å²) in [6.45, 7) is 7.48. The predicted molar refractivity (Wildman–Crippen MR) is 89.1 cm³/mol. The number of methoxy groups -OCH3 is 3. The molecule has 0 bridgehead atoms. The number of rotatable bonds is 9. The molecule has 0 aliphatic heterocycles. The van der Waals surface area contributed by atoms with Crippen LogP contribution < -0.4 is 41.4 Å². The number of carbonyl (C=O) groups is 1. The fourth-order valence-corrected chi connectivity index (χ4v) is 0.570. The monoisotopic (exact) mass is 341 g/mol. The van der Waals surface area contributed by atoms with Crippen molar-refractivity contribution in [1.29, 1.82) is 10.7 Å². The molecular weight excluding hydrogens is 310 g/mol. The maximum absolute atomic E-state index is 9.48. The summed E-state index contributed by atoms with van der Waals surface area (Å²) in [6, 6.07) is 0. The minimum absolute atomic E-state index is 0. The van der Waals surface area contributed by atoms with Crippen LogP contribution in [0.2, 0.25) is 0 Å². The standard InChI is InChI=1S/C4H11NO.C4H9NO.C4H8O2.CN.B.H3N.Na/c3*1-6-4-2-3-5;1-2;;;/h2-5H2,1H3;3,5H,2,4H2,1H3;3H,2,4H2,1H3;;;1H3;/q;;;-1;;;+1. The zero-order chi connectivity index (χ0) is 16.5. The average molecular weight is 341 g/mol. The number of hydrogen-bond donors (Lipinski definition) is 3. The molecule has 0 aromatic carbocycles. The Bertz CT molecular complexity index is 177. The zero-order valence-electron chi connectivity index (χ0n) is 15.0. The first kappa shape index (κ1) is 43.4. The Kier molecular flexibility index (Phi) is 128. The van der Waals surface area contributed by atoms with E-state index in [0.717, 1.165) is 32.3 Å². The molecular formula is C13H31BN4NaO4. The van der Waals surface area contributed by atoms with Crippen LogP contribution in [0.3, 0.4) is 0 Å². The van der Waals surface area contributed by atoms with Gasteiger partial charge in [0.1, 0.15) is 6.29 Å². The van der Waals surface area contributed by atoms with Crippen molar-refractivity contribution in [2.24, 2.45) is 5.73 Å². The Morgan fingerprint density at radius 2 is 1.43 bits per heavy atom. The Hall–Kier alpha value is -0.305. The molecule has 0 saturated carbocycles. The van der Waals surface area contributed by atoms with Crippen molar-refractivity contribution in [3.05, 3.63) is 6.57 Å². The third kappa shape index (κ3) is 111. The smallest absolute Gasteiger partial charge is 0.512 e. The maximum atomic E-state index is 9.48. The summed E-state index contributed by atoms with van der Waals surface area (Å²) in [5.74, 6) is 0. The fourth-order valence-electron chi connectivity index (χ4n) is 0.570. The van der Waals surface area contributed by atoms with E-state index in [0.29, 0.717) is 19.6 Å². The van der Waals surface area contributed by atoms with E-state index in [4.69, 9.17) is 27.7 Å². The summed E-state index contributed by atoms with van der Waals surface area (Å²) in [7, 11) is 4.88. The number of carbonyl (C=O) groups excluding carboxylic acids is 1. The van der Waals surface area contributed by atoms with E-state index < -0.39 is 0 Å². The van der Waals surface area contributed by atoms with Crippen LogP contribution in [0.5, 0.6) is 0 Å². The Balaban J connectivity index is -0.0000000298. The maximum Gasteiger partial charge on any atom is 1.00 e. The van der Waals surface area contributed by atoms with Gasteiger partial charge in [0.2, 0.25) is 0 Å². The Morgan fingerprint density at radius 3 is 1.57 bits per heavy atom. The molecule has 23 heavy (non-hydrogen) atoms. The molecule has 0 rings (SSSR count). The molecule has 0 fully saturated rings. The normalized spacial score (nSPS) is 6.70. The molecule has 131 valence electrons. The van der Waals surface area contributed by atoms with Gasteiger partial charge in [0, 0.05) is 49.2 Å². The minimum atomic E-state index is 0. The molecule has 0 aromatic rings. The van der Waals surface area contributed by atoms with Crippen molar-refractivity contribution in [3.63, 3.8) is 0 Å². The summed E-state index contributed by atoms with van der Waals surface area (Å²) in [5.41, 5.74) is 5.13. The van der Waals surface area contributed by atoms with Crippen molar-refractivity contribution in [1.82, 2.24) is 6.15 Å². The van der Waals surface area contributed by atoms with Gasteiger partial charge in [-0.05, 0) is 19.2 Å². The van der Waals surface area contributed by atoms with Gasteiger partial charge in [-0.2, -0.15) is 0 Å². The van der Waals surface area contributed by atoms with Gasteiger partial charge in [-0.1, -0.05) is 0 Å². The second kappa shape index (κ2) is 67.9. The van der Waals surface area contributed by atoms with Crippen molar-refractivity contribution in [3.8, 4) is 0 Å². The zero-order valence-corrected chi connectivity index (χ0v) is 17.0. The molecule has 0 spiro atoms. The van der Waals surface area contributed by atoms with E-state index in [1.807, 2.05) is 0 Å². The number of aldehydes is 1. The van der Waals surface area contributed by atoms with Crippen LogP contribution in [0.1, 0.15) is 19.3 Å². The van der Waals surface area contributed by atoms with Gasteiger partial charge in [0.15, 0.2) is 0 Å². The molecule has 0 aliphatic rings. The van der Waals surface area contributed by atoms with Crippen LogP contribution in [-0.4, -0.2) is 68.6 Å². The van der Waals surface area contributed by atoms with Gasteiger partial charge in [0.25, 0.3) is 0 Å². The van der Waals surface area contributed by atoms with Crippen molar-refractivity contribution in [2.45, 2.75) is 19.3 Å². The van der Waals surface area contributed by atoms with Gasteiger partial charge in [-0.15, -0.1) is 0 Å².